The first kappa shape index (κ1) is 24.0. The number of ether oxygens (including phenoxy) is 1. The minimum absolute atomic E-state index is 0.181. The van der Waals surface area contributed by atoms with Gasteiger partial charge in [-0.15, -0.1) is 0 Å². The van der Waals surface area contributed by atoms with E-state index in [-0.39, 0.29) is 18.0 Å². The summed E-state index contributed by atoms with van der Waals surface area (Å²) < 4.78 is 25.1. The summed E-state index contributed by atoms with van der Waals surface area (Å²) in [6.45, 7) is 9.39. The number of allylic oxidation sites excluding steroid dienone is 1. The monoisotopic (exact) mass is 480 g/mol. The molecule has 0 bridgehead atoms. The summed E-state index contributed by atoms with van der Waals surface area (Å²) >= 11 is 5.70. The van der Waals surface area contributed by atoms with Crippen LogP contribution in [0.2, 0.25) is 0 Å². The van der Waals surface area contributed by atoms with Crippen molar-refractivity contribution < 1.29 is 13.7 Å². The molecule has 1 atom stereocenters. The van der Waals surface area contributed by atoms with E-state index < -0.39 is 0 Å². The fraction of sp³-hybridized carbons (Fsp3) is 0.346. The molecule has 2 heterocycles. The van der Waals surface area contributed by atoms with Gasteiger partial charge in [0, 0.05) is 24.4 Å². The van der Waals surface area contributed by atoms with Gasteiger partial charge >= 0.3 is 0 Å². The highest BCUT2D eigenvalue weighted by atomic mass is 32.1. The second-order valence-electron chi connectivity index (χ2n) is 8.65. The standard InChI is InChI=1S/C26H29FN4O2S/c1-16(2)32-15-5-14-31-18(4)22(23(28-26(31)34)19-10-12-21(27)13-11-19)25-29-24(30-33-25)20-8-6-17(3)7-9-20/h6-13,16,23H,5,14-15H2,1-4H3,(H,28,34). The largest absolute Gasteiger partial charge is 0.379 e. The summed E-state index contributed by atoms with van der Waals surface area (Å²) in [6, 6.07) is 14.0. The summed E-state index contributed by atoms with van der Waals surface area (Å²) in [6.07, 6.45) is 0.990. The third-order valence-corrected chi connectivity index (χ3v) is 6.08. The van der Waals surface area contributed by atoms with Crippen molar-refractivity contribution in [3.05, 3.63) is 77.1 Å². The van der Waals surface area contributed by atoms with Crippen LogP contribution < -0.4 is 5.32 Å². The predicted octanol–water partition coefficient (Wildman–Crippen LogP) is 5.66. The van der Waals surface area contributed by atoms with Crippen LogP contribution in [0.1, 0.15) is 50.3 Å². The van der Waals surface area contributed by atoms with Crippen molar-refractivity contribution in [3.63, 3.8) is 0 Å². The van der Waals surface area contributed by atoms with Crippen LogP contribution in [-0.4, -0.2) is 39.4 Å². The number of halogens is 1. The van der Waals surface area contributed by atoms with E-state index >= 15 is 0 Å². The predicted molar refractivity (Wildman–Crippen MR) is 134 cm³/mol. The molecule has 0 spiro atoms. The Morgan fingerprint density at radius 1 is 1.12 bits per heavy atom. The van der Waals surface area contributed by atoms with Crippen LogP contribution in [0.4, 0.5) is 4.39 Å². The van der Waals surface area contributed by atoms with Crippen LogP contribution in [0.25, 0.3) is 17.0 Å². The van der Waals surface area contributed by atoms with Crippen LogP contribution >= 0.6 is 12.2 Å². The molecule has 0 amide bonds. The Bertz CT molecular complexity index is 1170. The zero-order chi connectivity index (χ0) is 24.2. The number of benzene rings is 2. The fourth-order valence-electron chi connectivity index (χ4n) is 3.93. The highest BCUT2D eigenvalue weighted by molar-refractivity contribution is 7.80. The van der Waals surface area contributed by atoms with Crippen molar-refractivity contribution in [1.82, 2.24) is 20.4 Å². The van der Waals surface area contributed by atoms with Crippen LogP contribution in [0.3, 0.4) is 0 Å². The first-order valence-corrected chi connectivity index (χ1v) is 11.8. The number of aryl methyl sites for hydroxylation is 1. The lowest BCUT2D eigenvalue weighted by molar-refractivity contribution is 0.0749. The molecule has 0 aliphatic carbocycles. The highest BCUT2D eigenvalue weighted by Gasteiger charge is 2.34. The number of rotatable bonds is 8. The second kappa shape index (κ2) is 10.4. The Balaban J connectivity index is 1.70. The van der Waals surface area contributed by atoms with Crippen molar-refractivity contribution in [2.24, 2.45) is 0 Å². The highest BCUT2D eigenvalue weighted by Crippen LogP contribution is 2.37. The summed E-state index contributed by atoms with van der Waals surface area (Å²) in [4.78, 5) is 6.74. The van der Waals surface area contributed by atoms with Gasteiger partial charge in [-0.3, -0.25) is 0 Å². The van der Waals surface area contributed by atoms with Gasteiger partial charge < -0.3 is 19.5 Å². The molecule has 3 aromatic rings. The normalized spacial score (nSPS) is 16.4. The summed E-state index contributed by atoms with van der Waals surface area (Å²) in [5.74, 6) is 0.620. The molecule has 178 valence electrons. The third kappa shape index (κ3) is 5.34. The zero-order valence-corrected chi connectivity index (χ0v) is 20.7. The molecule has 1 aliphatic heterocycles. The Morgan fingerprint density at radius 2 is 1.82 bits per heavy atom. The number of hydrogen-bond acceptors (Lipinski definition) is 5. The maximum atomic E-state index is 13.6. The number of nitrogens with one attached hydrogen (secondary N) is 1. The lowest BCUT2D eigenvalue weighted by Gasteiger charge is -2.37. The maximum Gasteiger partial charge on any atom is 0.258 e. The Labute approximate surface area is 204 Å². The van der Waals surface area contributed by atoms with E-state index in [0.29, 0.717) is 30.0 Å². The third-order valence-electron chi connectivity index (χ3n) is 5.74. The number of aromatic nitrogens is 2. The Hall–Kier alpha value is -3.10. The van der Waals surface area contributed by atoms with E-state index in [4.69, 9.17) is 26.5 Å². The molecule has 2 aromatic carbocycles. The molecule has 4 rings (SSSR count). The SMILES string of the molecule is CC1=C(c2nc(-c3ccc(C)cc3)no2)C(c2ccc(F)cc2)NC(=S)N1CCCOC(C)C. The Morgan fingerprint density at radius 3 is 2.50 bits per heavy atom. The molecule has 1 aromatic heterocycles. The summed E-state index contributed by atoms with van der Waals surface area (Å²) in [7, 11) is 0. The smallest absolute Gasteiger partial charge is 0.258 e. The lowest BCUT2D eigenvalue weighted by atomic mass is 9.94. The summed E-state index contributed by atoms with van der Waals surface area (Å²) in [5, 5.41) is 8.22. The number of nitrogens with zero attached hydrogens (tertiary/aromatic N) is 3. The second-order valence-corrected chi connectivity index (χ2v) is 9.03. The van der Waals surface area contributed by atoms with Crippen molar-refractivity contribution in [1.29, 1.82) is 0 Å². The van der Waals surface area contributed by atoms with E-state index in [2.05, 4.69) is 10.5 Å². The molecule has 0 saturated carbocycles. The molecule has 1 aliphatic rings. The fourth-order valence-corrected chi connectivity index (χ4v) is 4.27. The molecule has 0 saturated heterocycles. The van der Waals surface area contributed by atoms with E-state index in [9.17, 15) is 4.39 Å². The van der Waals surface area contributed by atoms with Crippen molar-refractivity contribution in [3.8, 4) is 11.4 Å². The van der Waals surface area contributed by atoms with Gasteiger partial charge in [0.1, 0.15) is 5.82 Å². The average molecular weight is 481 g/mol. The van der Waals surface area contributed by atoms with Crippen molar-refractivity contribution >= 4 is 22.9 Å². The van der Waals surface area contributed by atoms with Gasteiger partial charge in [0.15, 0.2) is 5.11 Å². The first-order chi connectivity index (χ1) is 16.3. The van der Waals surface area contributed by atoms with Crippen LogP contribution in [-0.2, 0) is 4.74 Å². The molecule has 34 heavy (non-hydrogen) atoms. The first-order valence-electron chi connectivity index (χ1n) is 11.4. The lowest BCUT2D eigenvalue weighted by Crippen LogP contribution is -2.46. The van der Waals surface area contributed by atoms with Gasteiger partial charge in [0.05, 0.1) is 17.7 Å². The van der Waals surface area contributed by atoms with Crippen molar-refractivity contribution in [2.75, 3.05) is 13.2 Å². The number of hydrogen-bond donors (Lipinski definition) is 1. The van der Waals surface area contributed by atoms with Crippen LogP contribution in [0.5, 0.6) is 0 Å². The van der Waals surface area contributed by atoms with Crippen LogP contribution in [0, 0.1) is 12.7 Å². The van der Waals surface area contributed by atoms with Crippen molar-refractivity contribution in [2.45, 2.75) is 46.3 Å². The molecule has 1 unspecified atom stereocenters. The molecule has 8 heteroatoms. The molecule has 0 fully saturated rings. The molecular weight excluding hydrogens is 451 g/mol. The van der Waals surface area contributed by atoms with E-state index in [1.54, 1.807) is 12.1 Å². The van der Waals surface area contributed by atoms with E-state index in [1.165, 1.54) is 12.1 Å². The zero-order valence-electron chi connectivity index (χ0n) is 19.8. The number of thiocarbonyl (C=S) groups is 1. The van der Waals surface area contributed by atoms with Gasteiger partial charge in [-0.1, -0.05) is 47.1 Å². The minimum Gasteiger partial charge on any atom is -0.379 e. The van der Waals surface area contributed by atoms with Gasteiger partial charge in [0.2, 0.25) is 5.82 Å². The maximum absolute atomic E-state index is 13.6. The quantitative estimate of drug-likeness (QED) is 0.330. The van der Waals surface area contributed by atoms with Gasteiger partial charge in [-0.25, -0.2) is 4.39 Å². The molecule has 6 nitrogen and oxygen atoms in total. The van der Waals surface area contributed by atoms with Gasteiger partial charge in [-0.2, -0.15) is 4.98 Å². The molecular formula is C26H29FN4O2S. The molecule has 0 radical (unpaired) electrons. The topological polar surface area (TPSA) is 63.4 Å². The van der Waals surface area contributed by atoms with Gasteiger partial charge in [0.25, 0.3) is 5.89 Å². The van der Waals surface area contributed by atoms with Gasteiger partial charge in [-0.05, 0) is 64.0 Å². The van der Waals surface area contributed by atoms with E-state index in [0.717, 1.165) is 34.4 Å². The van der Waals surface area contributed by atoms with E-state index in [1.807, 2.05) is 56.9 Å². The summed E-state index contributed by atoms with van der Waals surface area (Å²) in [5.41, 5.74) is 4.62. The Kier molecular flexibility index (Phi) is 7.38. The van der Waals surface area contributed by atoms with Crippen LogP contribution in [0.15, 0.2) is 58.8 Å². The minimum atomic E-state index is -0.345. The average Bonchev–Trinajstić information content (AvgIpc) is 3.28. The molecule has 1 N–H and O–H groups in total.